The van der Waals surface area contributed by atoms with Crippen molar-refractivity contribution in [2.75, 3.05) is 24.6 Å². The van der Waals surface area contributed by atoms with E-state index in [2.05, 4.69) is 30.4 Å². The molecule has 4 rings (SSSR count). The van der Waals surface area contributed by atoms with Gasteiger partial charge in [0.15, 0.2) is 0 Å². The summed E-state index contributed by atoms with van der Waals surface area (Å²) < 4.78 is 6.09. The number of carbonyl (C=O) groups excluding carboxylic acids is 1. The predicted octanol–water partition coefficient (Wildman–Crippen LogP) is 0.579. The van der Waals surface area contributed by atoms with Crippen LogP contribution in [0.3, 0.4) is 0 Å². The van der Waals surface area contributed by atoms with Gasteiger partial charge in [-0.05, 0) is 26.7 Å². The maximum absolute atomic E-state index is 12.6. The lowest BCUT2D eigenvalue weighted by Gasteiger charge is -2.51. The first-order chi connectivity index (χ1) is 14.3. The zero-order valence-electron chi connectivity index (χ0n) is 16.9. The Morgan fingerprint density at radius 3 is 2.73 bits per heavy atom. The molecule has 4 heterocycles. The minimum absolute atomic E-state index is 0.206. The Labute approximate surface area is 177 Å². The van der Waals surface area contributed by atoms with Gasteiger partial charge in [0.2, 0.25) is 5.13 Å². The summed E-state index contributed by atoms with van der Waals surface area (Å²) in [5.41, 5.74) is 1.01. The number of imidazole rings is 1. The molecule has 30 heavy (non-hydrogen) atoms. The Hall–Kier alpha value is -2.57. The number of H-pyrrole nitrogens is 1. The molecule has 0 bridgehead atoms. The van der Waals surface area contributed by atoms with Crippen LogP contribution >= 0.6 is 11.3 Å². The van der Waals surface area contributed by atoms with Gasteiger partial charge in [-0.1, -0.05) is 11.3 Å². The number of nitrogens with one attached hydrogen (secondary N) is 2. The molecule has 2 atom stereocenters. The van der Waals surface area contributed by atoms with Gasteiger partial charge in [-0.15, -0.1) is 10.2 Å². The normalized spacial score (nSPS) is 25.3. The van der Waals surface area contributed by atoms with E-state index in [1.54, 1.807) is 12.4 Å². The summed E-state index contributed by atoms with van der Waals surface area (Å²) in [6.07, 6.45) is 2.93. The van der Waals surface area contributed by atoms with Gasteiger partial charge in [-0.3, -0.25) is 9.59 Å². The van der Waals surface area contributed by atoms with E-state index in [9.17, 15) is 9.90 Å². The highest BCUT2D eigenvalue weighted by molar-refractivity contribution is 7.13. The highest BCUT2D eigenvalue weighted by atomic mass is 32.1. The molecule has 1 amide bonds. The maximum atomic E-state index is 12.6. The number of aryl methyl sites for hydroxylation is 1. The molecule has 12 heteroatoms. The number of aromatic amines is 1. The Kier molecular flexibility index (Phi) is 6.68. The van der Waals surface area contributed by atoms with E-state index in [1.807, 2.05) is 6.92 Å². The number of nitrogens with zero attached hydrogens (tertiary/aromatic N) is 4. The topological polar surface area (TPSA) is 154 Å². The highest BCUT2D eigenvalue weighted by Crippen LogP contribution is 2.40. The fraction of sp³-hybridized carbons (Fsp3) is 0.611. The molecule has 0 saturated carbocycles. The monoisotopic (exact) mass is 438 g/mol. The second-order valence-corrected chi connectivity index (χ2v) is 8.57. The van der Waals surface area contributed by atoms with Gasteiger partial charge >= 0.3 is 0 Å². The van der Waals surface area contributed by atoms with Crippen molar-refractivity contribution < 1.29 is 24.5 Å². The molecule has 2 aromatic rings. The number of rotatable bonds is 3. The molecule has 1 spiro atoms. The van der Waals surface area contributed by atoms with Gasteiger partial charge in [0.25, 0.3) is 12.4 Å². The highest BCUT2D eigenvalue weighted by Gasteiger charge is 2.50. The number of aromatic nitrogens is 4. The van der Waals surface area contributed by atoms with Crippen molar-refractivity contribution in [1.82, 2.24) is 25.5 Å². The van der Waals surface area contributed by atoms with Crippen molar-refractivity contribution >= 4 is 28.8 Å². The van der Waals surface area contributed by atoms with Crippen molar-refractivity contribution in [2.24, 2.45) is 0 Å². The van der Waals surface area contributed by atoms with Crippen LogP contribution in [0.25, 0.3) is 0 Å². The number of aliphatic hydroxyl groups is 1. The van der Waals surface area contributed by atoms with Crippen LogP contribution in [0.2, 0.25) is 0 Å². The van der Waals surface area contributed by atoms with Gasteiger partial charge in [0.05, 0.1) is 23.9 Å². The van der Waals surface area contributed by atoms with E-state index >= 15 is 0 Å². The quantitative estimate of drug-likeness (QED) is 0.504. The third-order valence-corrected chi connectivity index (χ3v) is 6.36. The number of aliphatic hydroxyl groups excluding tert-OH is 1. The van der Waals surface area contributed by atoms with Gasteiger partial charge in [0.1, 0.15) is 23.1 Å². The molecule has 0 unspecified atom stereocenters. The molecule has 2 saturated heterocycles. The zero-order valence-corrected chi connectivity index (χ0v) is 17.7. The fourth-order valence-corrected chi connectivity index (χ4v) is 4.61. The van der Waals surface area contributed by atoms with Crippen LogP contribution in [0.1, 0.15) is 42.5 Å². The zero-order chi connectivity index (χ0) is 21.8. The lowest BCUT2D eigenvalue weighted by molar-refractivity contribution is -0.167. The van der Waals surface area contributed by atoms with E-state index in [-0.39, 0.29) is 24.6 Å². The molecule has 11 nitrogen and oxygen atoms in total. The predicted molar refractivity (Wildman–Crippen MR) is 109 cm³/mol. The number of anilines is 1. The van der Waals surface area contributed by atoms with E-state index in [0.717, 1.165) is 31.1 Å². The van der Waals surface area contributed by atoms with Crippen LogP contribution in [0.5, 0.6) is 0 Å². The van der Waals surface area contributed by atoms with E-state index in [4.69, 9.17) is 14.6 Å². The van der Waals surface area contributed by atoms with Crippen molar-refractivity contribution in [3.05, 3.63) is 23.2 Å². The lowest BCUT2D eigenvalue weighted by Crippen LogP contribution is -2.65. The first-order valence-corrected chi connectivity index (χ1v) is 10.4. The van der Waals surface area contributed by atoms with Gasteiger partial charge in [-0.25, -0.2) is 4.98 Å². The largest absolute Gasteiger partial charge is 0.483 e. The van der Waals surface area contributed by atoms with Crippen molar-refractivity contribution in [2.45, 2.75) is 50.4 Å². The summed E-state index contributed by atoms with van der Waals surface area (Å²) in [5.74, 6) is 0.416. The minimum atomic E-state index is -0.766. The first kappa shape index (κ1) is 22.1. The number of piperidine rings is 1. The maximum Gasteiger partial charge on any atom is 0.290 e. The van der Waals surface area contributed by atoms with Gasteiger partial charge in [-0.2, -0.15) is 0 Å². The average molecular weight is 439 g/mol. The Morgan fingerprint density at radius 1 is 1.47 bits per heavy atom. The van der Waals surface area contributed by atoms with Crippen molar-refractivity contribution in [3.63, 3.8) is 0 Å². The standard InChI is InChI=1S/C17H24N6O3S.CH2O2/c1-11-18-7-12(20-11)14(25)21-16(2)9-17(26-8-13(16)24)3-5-23(6-4-17)15-22-19-10-27-15;2-1-3/h7,10,13,24H,3-6,8-9H2,1-2H3,(H,18,20)(H,21,25);1H,(H,2,3)/t13-,16-;/m1./s1. The molecule has 0 aromatic carbocycles. The molecule has 0 aliphatic carbocycles. The van der Waals surface area contributed by atoms with Crippen LogP contribution in [0.4, 0.5) is 5.13 Å². The number of carboxylic acid groups (broad SMARTS) is 1. The summed E-state index contributed by atoms with van der Waals surface area (Å²) in [5, 5.41) is 29.4. The summed E-state index contributed by atoms with van der Waals surface area (Å²) >= 11 is 1.53. The molecule has 2 fully saturated rings. The summed E-state index contributed by atoms with van der Waals surface area (Å²) in [6.45, 7) is 5.27. The molecule has 4 N–H and O–H groups in total. The number of ether oxygens (including phenoxy) is 1. The first-order valence-electron chi connectivity index (χ1n) is 9.56. The van der Waals surface area contributed by atoms with Crippen LogP contribution in [-0.4, -0.2) is 79.7 Å². The lowest BCUT2D eigenvalue weighted by atomic mass is 9.74. The molecular weight excluding hydrogens is 412 g/mol. The molecule has 2 aromatic heterocycles. The Balaban J connectivity index is 0.000000806. The third kappa shape index (κ3) is 4.77. The SMILES string of the molecule is Cc1ncc(C(=O)N[C@]2(C)CC3(CCN(c4nncs4)CC3)OC[C@H]2O)[nH]1.O=CO. The smallest absolute Gasteiger partial charge is 0.290 e. The molecule has 164 valence electrons. The summed E-state index contributed by atoms with van der Waals surface area (Å²) in [7, 11) is 0. The second-order valence-electron chi connectivity index (χ2n) is 7.75. The number of hydrogen-bond donors (Lipinski definition) is 4. The molecule has 0 radical (unpaired) electrons. The molecular formula is C18H26N6O5S. The van der Waals surface area contributed by atoms with Crippen LogP contribution < -0.4 is 10.2 Å². The summed E-state index contributed by atoms with van der Waals surface area (Å²) in [4.78, 5) is 30.2. The Morgan fingerprint density at radius 2 is 2.17 bits per heavy atom. The van der Waals surface area contributed by atoms with Crippen molar-refractivity contribution in [1.29, 1.82) is 0 Å². The van der Waals surface area contributed by atoms with E-state index in [1.165, 1.54) is 17.5 Å². The van der Waals surface area contributed by atoms with Crippen LogP contribution in [0.15, 0.2) is 11.7 Å². The minimum Gasteiger partial charge on any atom is -0.483 e. The number of amides is 1. The van der Waals surface area contributed by atoms with Crippen LogP contribution in [-0.2, 0) is 9.53 Å². The molecule has 2 aliphatic heterocycles. The van der Waals surface area contributed by atoms with Crippen LogP contribution in [0, 0.1) is 6.92 Å². The average Bonchev–Trinajstić information content (AvgIpc) is 3.38. The van der Waals surface area contributed by atoms with E-state index < -0.39 is 11.6 Å². The van der Waals surface area contributed by atoms with Gasteiger partial charge in [0, 0.05) is 19.5 Å². The van der Waals surface area contributed by atoms with Crippen molar-refractivity contribution in [3.8, 4) is 0 Å². The second kappa shape index (κ2) is 9.06. The number of carbonyl (C=O) groups is 2. The fourth-order valence-electron chi connectivity index (χ4n) is 4.00. The van der Waals surface area contributed by atoms with E-state index in [0.29, 0.717) is 17.9 Å². The van der Waals surface area contributed by atoms with Gasteiger partial charge < -0.3 is 30.2 Å². The molecule has 2 aliphatic rings. The summed E-state index contributed by atoms with van der Waals surface area (Å²) in [6, 6.07) is 0. The third-order valence-electron chi connectivity index (χ3n) is 5.61. The Bertz CT molecular complexity index is 851. The number of hydrogen-bond acceptors (Lipinski definition) is 9.